The van der Waals surface area contributed by atoms with Crippen LogP contribution in [0.3, 0.4) is 0 Å². The summed E-state index contributed by atoms with van der Waals surface area (Å²) in [4.78, 5) is 19.1. The molecule has 7 heteroatoms. The summed E-state index contributed by atoms with van der Waals surface area (Å²) in [6.45, 7) is 0. The van der Waals surface area contributed by atoms with Crippen molar-refractivity contribution in [2.75, 3.05) is 0 Å². The van der Waals surface area contributed by atoms with E-state index in [1.807, 2.05) is 74.6 Å². The lowest BCUT2D eigenvalue weighted by molar-refractivity contribution is 0.822. The van der Waals surface area contributed by atoms with Crippen molar-refractivity contribution in [2.24, 2.45) is 0 Å². The van der Waals surface area contributed by atoms with Gasteiger partial charge in [0.15, 0.2) is 0 Å². The van der Waals surface area contributed by atoms with Crippen molar-refractivity contribution in [1.29, 1.82) is 0 Å². The zero-order valence-corrected chi connectivity index (χ0v) is 17.4. The smallest absolute Gasteiger partial charge is 0.242 e. The highest BCUT2D eigenvalue weighted by molar-refractivity contribution is 5.82. The lowest BCUT2D eigenvalue weighted by Crippen LogP contribution is -2.12. The van der Waals surface area contributed by atoms with Crippen LogP contribution in [0.5, 0.6) is 0 Å². The Kier molecular flexibility index (Phi) is 3.71. The standard InChI is InChI=1S/C26H17N7/c1-4-10-21-18(7-1)13-15-31(21)24-28-25(32-16-14-19-8-2-5-11-22(19)32)30-26(29-24)33-17-27-20-9-3-6-12-23(20)33/h1-17H. The number of hydrogen-bond donors (Lipinski definition) is 0. The number of benzene rings is 3. The molecule has 0 unspecified atom stereocenters. The summed E-state index contributed by atoms with van der Waals surface area (Å²) in [6.07, 6.45) is 5.75. The first-order valence-electron chi connectivity index (χ1n) is 10.7. The fourth-order valence-electron chi connectivity index (χ4n) is 4.30. The number of para-hydroxylation sites is 4. The fourth-order valence-corrected chi connectivity index (χ4v) is 4.30. The minimum Gasteiger partial charge on any atom is -0.285 e. The molecule has 0 saturated heterocycles. The third kappa shape index (κ3) is 2.76. The van der Waals surface area contributed by atoms with Crippen LogP contribution in [-0.4, -0.2) is 33.6 Å². The van der Waals surface area contributed by atoms with E-state index in [9.17, 15) is 0 Å². The Labute approximate surface area is 188 Å². The van der Waals surface area contributed by atoms with Crippen LogP contribution in [0.15, 0.2) is 104 Å². The maximum atomic E-state index is 4.88. The van der Waals surface area contributed by atoms with E-state index >= 15 is 0 Å². The predicted molar refractivity (Wildman–Crippen MR) is 128 cm³/mol. The molecule has 0 aliphatic carbocycles. The summed E-state index contributed by atoms with van der Waals surface area (Å²) < 4.78 is 5.89. The number of nitrogens with zero attached hydrogens (tertiary/aromatic N) is 7. The summed E-state index contributed by atoms with van der Waals surface area (Å²) in [5.74, 6) is 1.61. The Hall–Kier alpha value is -4.78. The summed E-state index contributed by atoms with van der Waals surface area (Å²) in [5.41, 5.74) is 3.90. The molecule has 0 radical (unpaired) electrons. The van der Waals surface area contributed by atoms with Crippen LogP contribution < -0.4 is 0 Å². The average molecular weight is 427 g/mol. The van der Waals surface area contributed by atoms with Crippen LogP contribution >= 0.6 is 0 Å². The molecular weight excluding hydrogens is 410 g/mol. The van der Waals surface area contributed by atoms with E-state index in [4.69, 9.17) is 15.0 Å². The third-order valence-electron chi connectivity index (χ3n) is 5.90. The van der Waals surface area contributed by atoms with Gasteiger partial charge in [-0.2, -0.15) is 15.0 Å². The first-order chi connectivity index (χ1) is 16.3. The predicted octanol–water partition coefficient (Wildman–Crippen LogP) is 5.10. The van der Waals surface area contributed by atoms with Gasteiger partial charge in [0.25, 0.3) is 0 Å². The van der Waals surface area contributed by atoms with Crippen molar-refractivity contribution < 1.29 is 0 Å². The Balaban J connectivity index is 1.52. The Morgan fingerprint density at radius 3 is 1.55 bits per heavy atom. The van der Waals surface area contributed by atoms with Gasteiger partial charge in [-0.05, 0) is 36.4 Å². The molecule has 0 saturated carbocycles. The van der Waals surface area contributed by atoms with Gasteiger partial charge in [0, 0.05) is 23.2 Å². The number of aromatic nitrogens is 7. The van der Waals surface area contributed by atoms with Crippen LogP contribution in [0.25, 0.3) is 50.7 Å². The zero-order chi connectivity index (χ0) is 21.8. The van der Waals surface area contributed by atoms with Gasteiger partial charge in [0.2, 0.25) is 17.8 Å². The number of rotatable bonds is 3. The quantitative estimate of drug-likeness (QED) is 0.394. The molecule has 156 valence electrons. The molecule has 0 N–H and O–H groups in total. The SMILES string of the molecule is c1ccc2c(c1)ccn2-c1nc(-n2ccc3ccccc32)nc(-n2cnc3ccccc32)n1. The van der Waals surface area contributed by atoms with E-state index in [1.165, 1.54) is 0 Å². The fraction of sp³-hybridized carbons (Fsp3) is 0. The highest BCUT2D eigenvalue weighted by Crippen LogP contribution is 2.23. The molecular formula is C26H17N7. The lowest BCUT2D eigenvalue weighted by atomic mass is 10.2. The second-order valence-corrected chi connectivity index (χ2v) is 7.83. The largest absolute Gasteiger partial charge is 0.285 e. The molecule has 0 bridgehead atoms. The zero-order valence-electron chi connectivity index (χ0n) is 17.4. The van der Waals surface area contributed by atoms with Gasteiger partial charge < -0.3 is 0 Å². The van der Waals surface area contributed by atoms with Crippen LogP contribution in [0.2, 0.25) is 0 Å². The van der Waals surface area contributed by atoms with Crippen LogP contribution in [-0.2, 0) is 0 Å². The van der Waals surface area contributed by atoms with Crippen molar-refractivity contribution in [2.45, 2.75) is 0 Å². The molecule has 7 aromatic rings. The molecule has 0 atom stereocenters. The van der Waals surface area contributed by atoms with E-state index in [0.29, 0.717) is 17.8 Å². The second-order valence-electron chi connectivity index (χ2n) is 7.83. The Bertz CT molecular complexity index is 1570. The average Bonchev–Trinajstić information content (AvgIpc) is 3.60. The molecule has 0 fully saturated rings. The molecule has 0 amide bonds. The molecule has 4 aromatic heterocycles. The number of imidazole rings is 1. The maximum absolute atomic E-state index is 4.88. The van der Waals surface area contributed by atoms with Crippen LogP contribution in [0.1, 0.15) is 0 Å². The van der Waals surface area contributed by atoms with Gasteiger partial charge >= 0.3 is 0 Å². The van der Waals surface area contributed by atoms with Gasteiger partial charge in [-0.3, -0.25) is 13.7 Å². The van der Waals surface area contributed by atoms with Crippen molar-refractivity contribution in [3.05, 3.63) is 104 Å². The van der Waals surface area contributed by atoms with Crippen molar-refractivity contribution >= 4 is 32.8 Å². The van der Waals surface area contributed by atoms with Crippen molar-refractivity contribution in [1.82, 2.24) is 33.6 Å². The maximum Gasteiger partial charge on any atom is 0.242 e. The monoisotopic (exact) mass is 427 g/mol. The molecule has 4 heterocycles. The van der Waals surface area contributed by atoms with E-state index < -0.39 is 0 Å². The summed E-state index contributed by atoms with van der Waals surface area (Å²) >= 11 is 0. The number of hydrogen-bond acceptors (Lipinski definition) is 4. The van der Waals surface area contributed by atoms with Crippen molar-refractivity contribution in [3.8, 4) is 17.8 Å². The number of fused-ring (bicyclic) bond motifs is 3. The first-order valence-corrected chi connectivity index (χ1v) is 10.7. The van der Waals surface area contributed by atoms with Crippen molar-refractivity contribution in [3.63, 3.8) is 0 Å². The van der Waals surface area contributed by atoms with E-state index in [0.717, 1.165) is 32.8 Å². The van der Waals surface area contributed by atoms with E-state index in [2.05, 4.69) is 41.4 Å². The van der Waals surface area contributed by atoms with Crippen LogP contribution in [0, 0.1) is 0 Å². The minimum atomic E-state index is 0.513. The molecule has 0 spiro atoms. The molecule has 7 rings (SSSR count). The Morgan fingerprint density at radius 2 is 0.939 bits per heavy atom. The van der Waals surface area contributed by atoms with Gasteiger partial charge in [0.1, 0.15) is 6.33 Å². The van der Waals surface area contributed by atoms with Gasteiger partial charge in [-0.1, -0.05) is 48.5 Å². The first kappa shape index (κ1) is 17.9. The highest BCUT2D eigenvalue weighted by atomic mass is 15.3. The molecule has 33 heavy (non-hydrogen) atoms. The molecule has 3 aromatic carbocycles. The normalized spacial score (nSPS) is 11.6. The summed E-state index contributed by atoms with van der Waals surface area (Å²) in [5, 5.41) is 2.25. The molecule has 7 nitrogen and oxygen atoms in total. The topological polar surface area (TPSA) is 66.3 Å². The van der Waals surface area contributed by atoms with Gasteiger partial charge in [-0.25, -0.2) is 4.98 Å². The third-order valence-corrected chi connectivity index (χ3v) is 5.90. The molecule has 0 aliphatic rings. The minimum absolute atomic E-state index is 0.513. The highest BCUT2D eigenvalue weighted by Gasteiger charge is 2.16. The summed E-state index contributed by atoms with van der Waals surface area (Å²) in [7, 11) is 0. The lowest BCUT2D eigenvalue weighted by Gasteiger charge is -2.11. The van der Waals surface area contributed by atoms with E-state index in [1.54, 1.807) is 6.33 Å². The second kappa shape index (κ2) is 6.86. The Morgan fingerprint density at radius 1 is 0.455 bits per heavy atom. The van der Waals surface area contributed by atoms with Gasteiger partial charge in [-0.15, -0.1) is 0 Å². The van der Waals surface area contributed by atoms with Gasteiger partial charge in [0.05, 0.1) is 22.1 Å². The summed E-state index contributed by atoms with van der Waals surface area (Å²) in [6, 6.07) is 28.5. The van der Waals surface area contributed by atoms with E-state index in [-0.39, 0.29) is 0 Å². The molecule has 0 aliphatic heterocycles. The van der Waals surface area contributed by atoms with Crippen LogP contribution in [0.4, 0.5) is 0 Å².